The van der Waals surface area contributed by atoms with Crippen LogP contribution in [0.3, 0.4) is 0 Å². The van der Waals surface area contributed by atoms with Gasteiger partial charge in [0.15, 0.2) is 0 Å². The number of rotatable bonds is 4. The minimum Gasteiger partial charge on any atom is -0.303 e. The van der Waals surface area contributed by atoms with Crippen molar-refractivity contribution in [1.82, 2.24) is 4.90 Å². The van der Waals surface area contributed by atoms with Gasteiger partial charge in [0.2, 0.25) is 0 Å². The quantitative estimate of drug-likeness (QED) is 0.726. The van der Waals surface area contributed by atoms with E-state index in [0.29, 0.717) is 19.0 Å². The van der Waals surface area contributed by atoms with Crippen molar-refractivity contribution in [2.45, 2.75) is 24.9 Å². The van der Waals surface area contributed by atoms with E-state index in [1.165, 1.54) is 5.56 Å². The molecule has 1 fully saturated rings. The van der Waals surface area contributed by atoms with Gasteiger partial charge in [-0.25, -0.2) is 0 Å². The number of piperidine rings is 1. The molecule has 0 N–H and O–H groups in total. The normalized spacial score (nSPS) is 20.0. The maximum Gasteiger partial charge on any atom is 0.391 e. The van der Waals surface area contributed by atoms with E-state index in [-0.39, 0.29) is 12.8 Å². The summed E-state index contributed by atoms with van der Waals surface area (Å²) in [4.78, 5) is 2.15. The topological polar surface area (TPSA) is 3.24 Å². The molecule has 0 saturated carbocycles. The van der Waals surface area contributed by atoms with Gasteiger partial charge in [-0.1, -0.05) is 46.3 Å². The van der Waals surface area contributed by atoms with E-state index >= 15 is 0 Å². The van der Waals surface area contributed by atoms with Crippen LogP contribution in [0, 0.1) is 5.92 Å². The lowest BCUT2D eigenvalue weighted by Gasteiger charge is -2.34. The third-order valence-electron chi connectivity index (χ3n) is 3.99. The lowest BCUT2D eigenvalue weighted by Crippen LogP contribution is -2.40. The van der Waals surface area contributed by atoms with Crippen molar-refractivity contribution in [2.75, 3.05) is 25.0 Å². The third-order valence-corrected chi connectivity index (χ3v) is 4.77. The van der Waals surface area contributed by atoms with Gasteiger partial charge in [-0.2, -0.15) is 13.2 Å². The van der Waals surface area contributed by atoms with E-state index < -0.39 is 12.1 Å². The number of hydrogen-bond donors (Lipinski definition) is 0. The lowest BCUT2D eigenvalue weighted by atomic mass is 9.94. The predicted octanol–water partition coefficient (Wildman–Crippen LogP) is 4.44. The molecule has 0 amide bonds. The first kappa shape index (κ1) is 15.8. The molecule has 20 heavy (non-hydrogen) atoms. The van der Waals surface area contributed by atoms with Gasteiger partial charge in [0.25, 0.3) is 0 Å². The maximum absolute atomic E-state index is 12.6. The van der Waals surface area contributed by atoms with Crippen LogP contribution in [0.5, 0.6) is 0 Å². The Bertz CT molecular complexity index is 399. The van der Waals surface area contributed by atoms with Crippen molar-refractivity contribution >= 4 is 15.9 Å². The summed E-state index contributed by atoms with van der Waals surface area (Å²) in [7, 11) is 0. The van der Waals surface area contributed by atoms with Gasteiger partial charge in [0.05, 0.1) is 5.92 Å². The second-order valence-electron chi connectivity index (χ2n) is 5.38. The Morgan fingerprint density at radius 3 is 2.25 bits per heavy atom. The Balaban J connectivity index is 1.88. The molecule has 1 aliphatic heterocycles. The summed E-state index contributed by atoms with van der Waals surface area (Å²) in [5.41, 5.74) is 1.24. The first-order valence-electron chi connectivity index (χ1n) is 6.90. The monoisotopic (exact) mass is 349 g/mol. The molecule has 1 heterocycles. The van der Waals surface area contributed by atoms with E-state index in [1.807, 2.05) is 18.2 Å². The molecular weight excluding hydrogens is 331 g/mol. The molecule has 1 aromatic carbocycles. The molecule has 1 aliphatic rings. The number of alkyl halides is 4. The molecule has 5 heteroatoms. The van der Waals surface area contributed by atoms with Crippen molar-refractivity contribution in [3.63, 3.8) is 0 Å². The van der Waals surface area contributed by atoms with Crippen molar-refractivity contribution in [3.8, 4) is 0 Å². The Hall–Kier alpha value is -0.550. The van der Waals surface area contributed by atoms with Gasteiger partial charge < -0.3 is 4.90 Å². The van der Waals surface area contributed by atoms with Gasteiger partial charge >= 0.3 is 6.18 Å². The molecule has 1 atom stereocenters. The van der Waals surface area contributed by atoms with Crippen LogP contribution < -0.4 is 0 Å². The molecule has 1 unspecified atom stereocenters. The Morgan fingerprint density at radius 2 is 1.75 bits per heavy atom. The van der Waals surface area contributed by atoms with E-state index in [0.717, 1.165) is 11.9 Å². The van der Waals surface area contributed by atoms with E-state index in [9.17, 15) is 13.2 Å². The van der Waals surface area contributed by atoms with Crippen molar-refractivity contribution in [2.24, 2.45) is 5.92 Å². The SMILES string of the molecule is FC(F)(F)C1CCN(CC(CBr)c2ccccc2)CC1. The minimum absolute atomic E-state index is 0.229. The molecule has 0 aliphatic carbocycles. The fourth-order valence-electron chi connectivity index (χ4n) is 2.72. The van der Waals surface area contributed by atoms with Crippen molar-refractivity contribution in [1.29, 1.82) is 0 Å². The molecule has 0 spiro atoms. The molecule has 1 aromatic rings. The molecule has 0 radical (unpaired) electrons. The van der Waals surface area contributed by atoms with E-state index in [2.05, 4.69) is 33.0 Å². The standard InChI is InChI=1S/C15H19BrF3N/c16-10-13(12-4-2-1-3-5-12)11-20-8-6-14(7-9-20)15(17,18)19/h1-5,13-14H,6-11H2. The maximum atomic E-state index is 12.6. The van der Waals surface area contributed by atoms with E-state index in [4.69, 9.17) is 0 Å². The van der Waals surface area contributed by atoms with Crippen LogP contribution in [-0.2, 0) is 0 Å². The molecule has 0 aromatic heterocycles. The molecular formula is C15H19BrF3N. The van der Waals surface area contributed by atoms with Crippen LogP contribution in [0.1, 0.15) is 24.3 Å². The predicted molar refractivity (Wildman–Crippen MR) is 78.2 cm³/mol. The molecule has 1 nitrogen and oxygen atoms in total. The number of benzene rings is 1. The summed E-state index contributed by atoms with van der Waals surface area (Å²) in [6.07, 6.45) is -3.57. The van der Waals surface area contributed by atoms with E-state index in [1.54, 1.807) is 0 Å². The second kappa shape index (κ2) is 6.94. The fourth-order valence-corrected chi connectivity index (χ4v) is 3.30. The average Bonchev–Trinajstić information content (AvgIpc) is 2.45. The summed E-state index contributed by atoms with van der Waals surface area (Å²) in [5.74, 6) is -0.781. The summed E-state index contributed by atoms with van der Waals surface area (Å²) < 4.78 is 37.9. The Morgan fingerprint density at radius 1 is 1.15 bits per heavy atom. The first-order chi connectivity index (χ1) is 9.50. The first-order valence-corrected chi connectivity index (χ1v) is 8.03. The number of halogens is 4. The highest BCUT2D eigenvalue weighted by molar-refractivity contribution is 9.09. The second-order valence-corrected chi connectivity index (χ2v) is 6.03. The van der Waals surface area contributed by atoms with Gasteiger partial charge in [0.1, 0.15) is 0 Å². The highest BCUT2D eigenvalue weighted by Gasteiger charge is 2.41. The molecule has 1 saturated heterocycles. The highest BCUT2D eigenvalue weighted by atomic mass is 79.9. The van der Waals surface area contributed by atoms with Gasteiger partial charge in [-0.15, -0.1) is 0 Å². The zero-order valence-corrected chi connectivity index (χ0v) is 12.8. The van der Waals surface area contributed by atoms with Crippen LogP contribution in [0.25, 0.3) is 0 Å². The zero-order valence-electron chi connectivity index (χ0n) is 11.2. The summed E-state index contributed by atoms with van der Waals surface area (Å²) >= 11 is 3.52. The average molecular weight is 350 g/mol. The van der Waals surface area contributed by atoms with Crippen molar-refractivity contribution < 1.29 is 13.2 Å². The van der Waals surface area contributed by atoms with Crippen LogP contribution in [-0.4, -0.2) is 36.0 Å². The number of nitrogens with zero attached hydrogens (tertiary/aromatic N) is 1. The molecule has 0 bridgehead atoms. The largest absolute Gasteiger partial charge is 0.391 e. The van der Waals surface area contributed by atoms with Crippen LogP contribution >= 0.6 is 15.9 Å². The highest BCUT2D eigenvalue weighted by Crippen LogP contribution is 2.34. The van der Waals surface area contributed by atoms with Gasteiger partial charge in [-0.05, 0) is 31.5 Å². The Kier molecular flexibility index (Phi) is 5.49. The smallest absolute Gasteiger partial charge is 0.303 e. The van der Waals surface area contributed by atoms with Crippen LogP contribution in [0.2, 0.25) is 0 Å². The third kappa shape index (κ3) is 4.22. The Labute approximate surface area is 126 Å². The summed E-state index contributed by atoms with van der Waals surface area (Å²) in [5, 5.41) is 0.830. The van der Waals surface area contributed by atoms with Gasteiger partial charge in [-0.3, -0.25) is 0 Å². The zero-order chi connectivity index (χ0) is 14.6. The van der Waals surface area contributed by atoms with Gasteiger partial charge in [0, 0.05) is 17.8 Å². The summed E-state index contributed by atoms with van der Waals surface area (Å²) in [6, 6.07) is 10.1. The number of likely N-dealkylation sites (tertiary alicyclic amines) is 1. The minimum atomic E-state index is -4.03. The van der Waals surface area contributed by atoms with Crippen LogP contribution in [0.15, 0.2) is 30.3 Å². The van der Waals surface area contributed by atoms with Crippen LogP contribution in [0.4, 0.5) is 13.2 Å². The summed E-state index contributed by atoms with van der Waals surface area (Å²) in [6.45, 7) is 1.90. The molecule has 112 valence electrons. The van der Waals surface area contributed by atoms with Crippen molar-refractivity contribution in [3.05, 3.63) is 35.9 Å². The molecule has 2 rings (SSSR count). The lowest BCUT2D eigenvalue weighted by molar-refractivity contribution is -0.185. The number of hydrogen-bond acceptors (Lipinski definition) is 1. The fraction of sp³-hybridized carbons (Fsp3) is 0.600.